The first-order chi connectivity index (χ1) is 8.31. The van der Waals surface area contributed by atoms with Gasteiger partial charge in [-0.2, -0.15) is 0 Å². The summed E-state index contributed by atoms with van der Waals surface area (Å²) in [6.45, 7) is 5.92. The van der Waals surface area contributed by atoms with Crippen LogP contribution in [0.5, 0.6) is 0 Å². The predicted molar refractivity (Wildman–Crippen MR) is 75.1 cm³/mol. The van der Waals surface area contributed by atoms with Crippen LogP contribution >= 0.6 is 0 Å². The van der Waals surface area contributed by atoms with E-state index in [-0.39, 0.29) is 0 Å². The quantitative estimate of drug-likeness (QED) is 0.535. The fraction of sp³-hybridized carbons (Fsp3) is 0.875. The Bertz CT molecular complexity index is 252. The van der Waals surface area contributed by atoms with Gasteiger partial charge in [-0.3, -0.25) is 0 Å². The molecule has 0 amide bonds. The zero-order valence-electron chi connectivity index (χ0n) is 11.7. The number of nitrogens with one attached hydrogen (secondary N) is 1. The lowest BCUT2D eigenvalue weighted by atomic mass is 9.74. The first-order valence-corrected chi connectivity index (χ1v) is 7.71. The molecule has 2 fully saturated rings. The average molecular weight is 235 g/mol. The maximum atomic E-state index is 3.60. The molecule has 1 N–H and O–H groups in total. The smallest absolute Gasteiger partial charge is 0.00683 e. The summed E-state index contributed by atoms with van der Waals surface area (Å²) < 4.78 is 0. The van der Waals surface area contributed by atoms with E-state index in [9.17, 15) is 0 Å². The van der Waals surface area contributed by atoms with Crippen molar-refractivity contribution in [3.63, 3.8) is 0 Å². The second-order valence-electron chi connectivity index (χ2n) is 6.02. The standard InChI is InChI=1S/C16H29N/c1-3-14-8-4-5-9-16(14)13(2)7-6-12-17-15-10-11-15/h7,14-17H,3-6,8-12H2,1-2H3. The van der Waals surface area contributed by atoms with E-state index in [1.165, 1.54) is 57.9 Å². The minimum Gasteiger partial charge on any atom is -0.314 e. The topological polar surface area (TPSA) is 12.0 Å². The summed E-state index contributed by atoms with van der Waals surface area (Å²) in [4.78, 5) is 0. The van der Waals surface area contributed by atoms with Crippen molar-refractivity contribution in [2.24, 2.45) is 11.8 Å². The summed E-state index contributed by atoms with van der Waals surface area (Å²) in [6.07, 6.45) is 13.7. The Morgan fingerprint density at radius 1 is 1.18 bits per heavy atom. The van der Waals surface area contributed by atoms with Crippen LogP contribution < -0.4 is 5.32 Å². The molecular formula is C16H29N. The summed E-state index contributed by atoms with van der Waals surface area (Å²) in [7, 11) is 0. The maximum absolute atomic E-state index is 3.60. The van der Waals surface area contributed by atoms with E-state index in [0.717, 1.165) is 17.9 Å². The van der Waals surface area contributed by atoms with Gasteiger partial charge in [0.1, 0.15) is 0 Å². The van der Waals surface area contributed by atoms with Gasteiger partial charge in [-0.1, -0.05) is 37.8 Å². The molecular weight excluding hydrogens is 206 g/mol. The molecule has 1 nitrogen and oxygen atoms in total. The van der Waals surface area contributed by atoms with Gasteiger partial charge in [0.2, 0.25) is 0 Å². The fourth-order valence-corrected chi connectivity index (χ4v) is 3.32. The molecule has 2 saturated carbocycles. The van der Waals surface area contributed by atoms with Gasteiger partial charge in [0, 0.05) is 6.04 Å². The Balaban J connectivity index is 1.74. The Hall–Kier alpha value is -0.300. The van der Waals surface area contributed by atoms with Gasteiger partial charge in [-0.25, -0.2) is 0 Å². The van der Waals surface area contributed by atoms with Crippen LogP contribution in [0.15, 0.2) is 11.6 Å². The van der Waals surface area contributed by atoms with Crippen LogP contribution in [-0.2, 0) is 0 Å². The molecule has 0 aromatic carbocycles. The summed E-state index contributed by atoms with van der Waals surface area (Å²) in [6, 6.07) is 0.863. The van der Waals surface area contributed by atoms with E-state index in [4.69, 9.17) is 0 Å². The minimum absolute atomic E-state index is 0.863. The highest BCUT2D eigenvalue weighted by molar-refractivity contribution is 5.06. The molecule has 2 unspecified atom stereocenters. The van der Waals surface area contributed by atoms with E-state index in [2.05, 4.69) is 25.2 Å². The minimum atomic E-state index is 0.863. The van der Waals surface area contributed by atoms with Gasteiger partial charge in [0.25, 0.3) is 0 Å². The predicted octanol–water partition coefficient (Wildman–Crippen LogP) is 4.29. The first-order valence-electron chi connectivity index (χ1n) is 7.71. The molecule has 0 aromatic heterocycles. The van der Waals surface area contributed by atoms with Crippen LogP contribution in [0.2, 0.25) is 0 Å². The molecule has 1 heteroatoms. The molecule has 0 saturated heterocycles. The van der Waals surface area contributed by atoms with E-state index < -0.39 is 0 Å². The van der Waals surface area contributed by atoms with Crippen LogP contribution in [0.25, 0.3) is 0 Å². The fourth-order valence-electron chi connectivity index (χ4n) is 3.32. The van der Waals surface area contributed by atoms with E-state index >= 15 is 0 Å². The number of hydrogen-bond acceptors (Lipinski definition) is 1. The molecule has 2 atom stereocenters. The normalized spacial score (nSPS) is 30.6. The highest BCUT2D eigenvalue weighted by Crippen LogP contribution is 2.36. The highest BCUT2D eigenvalue weighted by Gasteiger charge is 2.24. The van der Waals surface area contributed by atoms with E-state index in [1.807, 2.05) is 0 Å². The average Bonchev–Trinajstić information content (AvgIpc) is 3.18. The second kappa shape index (κ2) is 6.58. The largest absolute Gasteiger partial charge is 0.314 e. The van der Waals surface area contributed by atoms with Crippen molar-refractivity contribution in [3.8, 4) is 0 Å². The molecule has 0 aliphatic heterocycles. The lowest BCUT2D eigenvalue weighted by molar-refractivity contribution is 0.264. The van der Waals surface area contributed by atoms with Crippen LogP contribution in [0.3, 0.4) is 0 Å². The third-order valence-electron chi connectivity index (χ3n) is 4.64. The second-order valence-corrected chi connectivity index (χ2v) is 6.02. The number of rotatable bonds is 6. The molecule has 98 valence electrons. The molecule has 2 aliphatic carbocycles. The molecule has 0 aromatic rings. The van der Waals surface area contributed by atoms with Gasteiger partial charge in [0.15, 0.2) is 0 Å². The van der Waals surface area contributed by atoms with Crippen LogP contribution in [0, 0.1) is 11.8 Å². The first kappa shape index (κ1) is 13.1. The molecule has 0 heterocycles. The lowest BCUT2D eigenvalue weighted by Crippen LogP contribution is -2.20. The monoisotopic (exact) mass is 235 g/mol. The van der Waals surface area contributed by atoms with Crippen molar-refractivity contribution in [3.05, 3.63) is 11.6 Å². The Kier molecular flexibility index (Phi) is 5.09. The van der Waals surface area contributed by atoms with Gasteiger partial charge in [0.05, 0.1) is 0 Å². The Morgan fingerprint density at radius 2 is 1.94 bits per heavy atom. The zero-order chi connectivity index (χ0) is 12.1. The zero-order valence-corrected chi connectivity index (χ0v) is 11.7. The van der Waals surface area contributed by atoms with Gasteiger partial charge >= 0.3 is 0 Å². The molecule has 0 bridgehead atoms. The Labute approximate surface area is 107 Å². The number of allylic oxidation sites excluding steroid dienone is 1. The lowest BCUT2D eigenvalue weighted by Gasteiger charge is -2.31. The maximum Gasteiger partial charge on any atom is 0.00683 e. The summed E-state index contributed by atoms with van der Waals surface area (Å²) in [5.41, 5.74) is 1.68. The summed E-state index contributed by atoms with van der Waals surface area (Å²) >= 11 is 0. The van der Waals surface area contributed by atoms with Crippen molar-refractivity contribution < 1.29 is 0 Å². The van der Waals surface area contributed by atoms with Crippen molar-refractivity contribution >= 4 is 0 Å². The molecule has 2 aliphatic rings. The SMILES string of the molecule is CCC1CCCCC1C(C)=CCCNC1CC1. The summed E-state index contributed by atoms with van der Waals surface area (Å²) in [5.74, 6) is 1.87. The van der Waals surface area contributed by atoms with Crippen molar-refractivity contribution in [1.29, 1.82) is 0 Å². The molecule has 17 heavy (non-hydrogen) atoms. The number of hydrogen-bond donors (Lipinski definition) is 1. The van der Waals surface area contributed by atoms with Gasteiger partial charge in [-0.05, 0) is 57.4 Å². The van der Waals surface area contributed by atoms with Crippen molar-refractivity contribution in [2.45, 2.75) is 71.3 Å². The Morgan fingerprint density at radius 3 is 2.65 bits per heavy atom. The molecule has 0 radical (unpaired) electrons. The highest BCUT2D eigenvalue weighted by atomic mass is 14.9. The molecule has 0 spiro atoms. The van der Waals surface area contributed by atoms with Crippen LogP contribution in [0.1, 0.15) is 65.2 Å². The van der Waals surface area contributed by atoms with Gasteiger partial charge in [-0.15, -0.1) is 0 Å². The van der Waals surface area contributed by atoms with E-state index in [0.29, 0.717) is 0 Å². The van der Waals surface area contributed by atoms with Gasteiger partial charge < -0.3 is 5.32 Å². The van der Waals surface area contributed by atoms with Crippen LogP contribution in [-0.4, -0.2) is 12.6 Å². The third kappa shape index (κ3) is 4.13. The summed E-state index contributed by atoms with van der Waals surface area (Å²) in [5, 5.41) is 3.60. The third-order valence-corrected chi connectivity index (χ3v) is 4.64. The van der Waals surface area contributed by atoms with Crippen LogP contribution in [0.4, 0.5) is 0 Å². The van der Waals surface area contributed by atoms with Crippen molar-refractivity contribution in [1.82, 2.24) is 5.32 Å². The van der Waals surface area contributed by atoms with E-state index in [1.54, 1.807) is 5.57 Å². The molecule has 2 rings (SSSR count). The van der Waals surface area contributed by atoms with Crippen molar-refractivity contribution in [2.75, 3.05) is 6.54 Å².